The van der Waals surface area contributed by atoms with Crippen molar-refractivity contribution < 1.29 is 22.4 Å². The van der Waals surface area contributed by atoms with Gasteiger partial charge in [0, 0.05) is 17.0 Å². The summed E-state index contributed by atoms with van der Waals surface area (Å²) >= 11 is 6.38. The Morgan fingerprint density at radius 2 is 1.88 bits per heavy atom. The van der Waals surface area contributed by atoms with Crippen LogP contribution in [0.15, 0.2) is 50.5 Å². The van der Waals surface area contributed by atoms with Gasteiger partial charge in [-0.05, 0) is 56.4 Å². The minimum atomic E-state index is -3.94. The van der Waals surface area contributed by atoms with Gasteiger partial charge in [-0.3, -0.25) is 0 Å². The van der Waals surface area contributed by atoms with Crippen LogP contribution in [0, 0.1) is 6.92 Å². The molecule has 1 aromatic heterocycles. The molecule has 0 saturated heterocycles. The molecule has 1 unspecified atom stereocenters. The van der Waals surface area contributed by atoms with Crippen LogP contribution in [0.5, 0.6) is 5.75 Å². The Labute approximate surface area is 196 Å². The molecule has 0 spiro atoms. The van der Waals surface area contributed by atoms with Gasteiger partial charge >= 0.3 is 11.6 Å². The first-order valence-electron chi connectivity index (χ1n) is 10.8. The lowest BCUT2D eigenvalue weighted by Gasteiger charge is -2.18. The fourth-order valence-corrected chi connectivity index (χ4v) is 5.45. The van der Waals surface area contributed by atoms with E-state index in [9.17, 15) is 18.0 Å². The van der Waals surface area contributed by atoms with Gasteiger partial charge in [-0.15, -0.1) is 0 Å². The third kappa shape index (κ3) is 4.83. The highest BCUT2D eigenvalue weighted by molar-refractivity contribution is 7.89. The summed E-state index contributed by atoms with van der Waals surface area (Å²) in [6.45, 7) is 3.68. The maximum atomic E-state index is 12.9. The molecule has 1 atom stereocenters. The summed E-state index contributed by atoms with van der Waals surface area (Å²) in [6, 6.07) is 8.24. The van der Waals surface area contributed by atoms with E-state index in [0.29, 0.717) is 18.4 Å². The number of benzene rings is 2. The number of rotatable bonds is 7. The zero-order valence-electron chi connectivity index (χ0n) is 18.3. The maximum Gasteiger partial charge on any atom is 0.339 e. The quantitative estimate of drug-likeness (QED) is 0.301. The molecular formula is C24H24ClNO6S. The van der Waals surface area contributed by atoms with Crippen molar-refractivity contribution in [1.82, 2.24) is 4.72 Å². The van der Waals surface area contributed by atoms with Crippen LogP contribution in [0.1, 0.15) is 42.9 Å². The second-order valence-electron chi connectivity index (χ2n) is 8.18. The van der Waals surface area contributed by atoms with Crippen LogP contribution in [-0.4, -0.2) is 20.4 Å². The third-order valence-electron chi connectivity index (χ3n) is 5.73. The molecule has 1 heterocycles. The van der Waals surface area contributed by atoms with Gasteiger partial charge in [-0.2, -0.15) is 4.72 Å². The second-order valence-corrected chi connectivity index (χ2v) is 10.3. The Morgan fingerprint density at radius 1 is 1.18 bits per heavy atom. The zero-order valence-corrected chi connectivity index (χ0v) is 19.9. The summed E-state index contributed by atoms with van der Waals surface area (Å²) in [4.78, 5) is 25.2. The summed E-state index contributed by atoms with van der Waals surface area (Å²) in [5.74, 6) is -0.789. The van der Waals surface area contributed by atoms with E-state index in [1.54, 1.807) is 18.2 Å². The van der Waals surface area contributed by atoms with Crippen LogP contribution in [0.4, 0.5) is 0 Å². The molecule has 174 valence electrons. The van der Waals surface area contributed by atoms with Crippen molar-refractivity contribution in [3.8, 4) is 5.75 Å². The van der Waals surface area contributed by atoms with Crippen LogP contribution in [0.3, 0.4) is 0 Å². The summed E-state index contributed by atoms with van der Waals surface area (Å²) in [7, 11) is -3.94. The number of esters is 1. The second kappa shape index (κ2) is 9.29. The van der Waals surface area contributed by atoms with E-state index in [0.717, 1.165) is 29.4 Å². The molecule has 0 saturated carbocycles. The molecule has 0 radical (unpaired) electrons. The van der Waals surface area contributed by atoms with Crippen molar-refractivity contribution in [1.29, 1.82) is 0 Å². The van der Waals surface area contributed by atoms with E-state index < -0.39 is 27.7 Å². The van der Waals surface area contributed by atoms with E-state index in [4.69, 9.17) is 20.8 Å². The lowest BCUT2D eigenvalue weighted by molar-refractivity contribution is -0.136. The monoisotopic (exact) mass is 489 g/mol. The molecule has 7 nitrogen and oxygen atoms in total. The molecule has 3 aromatic rings. The number of fused-ring (bicyclic) bond motifs is 3. The van der Waals surface area contributed by atoms with Crippen molar-refractivity contribution in [2.75, 3.05) is 0 Å². The molecule has 0 aliphatic heterocycles. The van der Waals surface area contributed by atoms with Gasteiger partial charge in [0.25, 0.3) is 0 Å². The van der Waals surface area contributed by atoms with Crippen molar-refractivity contribution in [2.24, 2.45) is 0 Å². The number of hydrogen-bond acceptors (Lipinski definition) is 6. The minimum Gasteiger partial charge on any atom is -0.424 e. The van der Waals surface area contributed by atoms with Crippen LogP contribution < -0.4 is 15.1 Å². The lowest BCUT2D eigenvalue weighted by atomic mass is 10.1. The van der Waals surface area contributed by atoms with Gasteiger partial charge < -0.3 is 9.15 Å². The number of halogens is 1. The average molecular weight is 490 g/mol. The Kier molecular flexibility index (Phi) is 6.61. The molecule has 9 heteroatoms. The predicted molar refractivity (Wildman–Crippen MR) is 125 cm³/mol. The number of ether oxygens (including phenoxy) is 1. The molecule has 33 heavy (non-hydrogen) atoms. The van der Waals surface area contributed by atoms with Crippen LogP contribution >= 0.6 is 11.6 Å². The number of aryl methyl sites for hydroxylation is 2. The molecule has 0 amide bonds. The van der Waals surface area contributed by atoms with E-state index >= 15 is 0 Å². The SMILES string of the molecule is CCCC(NS(=O)(=O)c1ccc(C)cc1)C(=O)Oc1cc2oc(=O)c3c(c2cc1Cl)CCC3. The van der Waals surface area contributed by atoms with Crippen molar-refractivity contribution >= 4 is 38.6 Å². The van der Waals surface area contributed by atoms with Crippen LogP contribution in [0.25, 0.3) is 11.0 Å². The first kappa shape index (κ1) is 23.5. The van der Waals surface area contributed by atoms with Gasteiger partial charge in [-0.25, -0.2) is 18.0 Å². The Balaban J connectivity index is 1.61. The minimum absolute atomic E-state index is 0.00546. The largest absolute Gasteiger partial charge is 0.424 e. The first-order valence-corrected chi connectivity index (χ1v) is 12.6. The van der Waals surface area contributed by atoms with Gasteiger partial charge in [0.1, 0.15) is 11.6 Å². The third-order valence-corrected chi connectivity index (χ3v) is 7.51. The maximum absolute atomic E-state index is 12.9. The highest BCUT2D eigenvalue weighted by atomic mass is 35.5. The molecule has 4 rings (SSSR count). The summed E-state index contributed by atoms with van der Waals surface area (Å²) < 4.78 is 38.9. The molecule has 1 aliphatic carbocycles. The zero-order chi connectivity index (χ0) is 23.8. The number of nitrogens with one attached hydrogen (secondary N) is 1. The van der Waals surface area contributed by atoms with E-state index in [1.165, 1.54) is 18.2 Å². The standard InChI is InChI=1S/C24H24ClNO6S/c1-3-5-20(26-33(29,30)15-10-8-14(2)9-11-15)24(28)32-22-13-21-18(12-19(22)25)16-6-4-7-17(16)23(27)31-21/h8-13,20,26H,3-7H2,1-2H3. The van der Waals surface area contributed by atoms with Gasteiger partial charge in [0.05, 0.1) is 9.92 Å². The molecule has 0 bridgehead atoms. The summed E-state index contributed by atoms with van der Waals surface area (Å²) in [6.07, 6.45) is 3.07. The summed E-state index contributed by atoms with van der Waals surface area (Å²) in [5.41, 5.74) is 2.37. The molecule has 2 aromatic carbocycles. The van der Waals surface area contributed by atoms with Gasteiger partial charge in [0.15, 0.2) is 5.75 Å². The topological polar surface area (TPSA) is 103 Å². The highest BCUT2D eigenvalue weighted by Crippen LogP contribution is 2.35. The molecule has 0 fully saturated rings. The van der Waals surface area contributed by atoms with E-state index in [-0.39, 0.29) is 27.7 Å². The fraction of sp³-hybridized carbons (Fsp3) is 0.333. The van der Waals surface area contributed by atoms with E-state index in [1.807, 2.05) is 13.8 Å². The number of carbonyl (C=O) groups excluding carboxylic acids is 1. The Morgan fingerprint density at radius 3 is 2.58 bits per heavy atom. The molecular weight excluding hydrogens is 466 g/mol. The Bertz CT molecular complexity index is 1380. The van der Waals surface area contributed by atoms with Crippen molar-refractivity contribution in [3.05, 3.63) is 68.5 Å². The predicted octanol–water partition coefficient (Wildman–Crippen LogP) is 4.30. The number of sulfonamides is 1. The smallest absolute Gasteiger partial charge is 0.339 e. The summed E-state index contributed by atoms with van der Waals surface area (Å²) in [5, 5.41) is 0.896. The van der Waals surface area contributed by atoms with E-state index in [2.05, 4.69) is 4.72 Å². The number of carbonyl (C=O) groups is 1. The normalized spacial score (nSPS) is 14.3. The van der Waals surface area contributed by atoms with Gasteiger partial charge in [-0.1, -0.05) is 42.6 Å². The molecule has 1 N–H and O–H groups in total. The molecule has 1 aliphatic rings. The Hall–Kier alpha value is -2.68. The average Bonchev–Trinajstić information content (AvgIpc) is 3.26. The lowest BCUT2D eigenvalue weighted by Crippen LogP contribution is -2.42. The van der Waals surface area contributed by atoms with Crippen LogP contribution in [0.2, 0.25) is 5.02 Å². The van der Waals surface area contributed by atoms with Gasteiger partial charge in [0.2, 0.25) is 10.0 Å². The fourth-order valence-electron chi connectivity index (χ4n) is 4.03. The van der Waals surface area contributed by atoms with Crippen LogP contribution in [-0.2, 0) is 27.7 Å². The first-order chi connectivity index (χ1) is 15.7. The number of hydrogen-bond donors (Lipinski definition) is 1. The highest BCUT2D eigenvalue weighted by Gasteiger charge is 2.28. The van der Waals surface area contributed by atoms with Crippen molar-refractivity contribution in [2.45, 2.75) is 56.9 Å². The van der Waals surface area contributed by atoms with Crippen molar-refractivity contribution in [3.63, 3.8) is 0 Å².